The zero-order chi connectivity index (χ0) is 15.5. The molecule has 2 aromatic rings. The summed E-state index contributed by atoms with van der Waals surface area (Å²) in [6, 6.07) is 2.01. The highest BCUT2D eigenvalue weighted by Crippen LogP contribution is 2.29. The minimum atomic E-state index is 0.683. The number of aryl methyl sites for hydroxylation is 1. The van der Waals surface area contributed by atoms with Gasteiger partial charge < -0.3 is 9.80 Å². The first kappa shape index (κ1) is 15.7. The molecule has 0 bridgehead atoms. The van der Waals surface area contributed by atoms with Gasteiger partial charge in [0.25, 0.3) is 0 Å². The third-order valence-corrected chi connectivity index (χ3v) is 5.42. The zero-order valence-electron chi connectivity index (χ0n) is 13.0. The number of halogens is 1. The number of hydrogen-bond donors (Lipinski definition) is 0. The molecule has 0 radical (unpaired) electrons. The van der Waals surface area contributed by atoms with E-state index >= 15 is 0 Å². The van der Waals surface area contributed by atoms with E-state index in [-0.39, 0.29) is 0 Å². The minimum absolute atomic E-state index is 0.683. The summed E-state index contributed by atoms with van der Waals surface area (Å²) >= 11 is 8.00. The van der Waals surface area contributed by atoms with Crippen molar-refractivity contribution in [2.45, 2.75) is 19.9 Å². The van der Waals surface area contributed by atoms with Crippen LogP contribution in [-0.4, -0.2) is 41.5 Å². The summed E-state index contributed by atoms with van der Waals surface area (Å²) in [6.45, 7) is 6.32. The molecule has 0 aliphatic carbocycles. The number of anilines is 1. The van der Waals surface area contributed by atoms with Crippen molar-refractivity contribution in [1.29, 1.82) is 0 Å². The average Bonchev–Trinajstić information content (AvgIpc) is 3.10. The van der Waals surface area contributed by atoms with Crippen molar-refractivity contribution in [2.75, 3.05) is 31.6 Å². The van der Waals surface area contributed by atoms with E-state index in [0.717, 1.165) is 42.6 Å². The maximum absolute atomic E-state index is 6.25. The second-order valence-corrected chi connectivity index (χ2v) is 7.33. The van der Waals surface area contributed by atoms with Gasteiger partial charge in [-0.3, -0.25) is 4.98 Å². The van der Waals surface area contributed by atoms with Crippen molar-refractivity contribution in [2.24, 2.45) is 5.92 Å². The van der Waals surface area contributed by atoms with Crippen LogP contribution < -0.4 is 4.90 Å². The van der Waals surface area contributed by atoms with Gasteiger partial charge in [0, 0.05) is 43.4 Å². The second kappa shape index (κ2) is 6.94. The molecule has 2 aromatic heterocycles. The number of thiazole rings is 1. The molecule has 1 aliphatic rings. The van der Waals surface area contributed by atoms with Crippen molar-refractivity contribution < 1.29 is 0 Å². The Morgan fingerprint density at radius 3 is 3.09 bits per heavy atom. The van der Waals surface area contributed by atoms with Crippen LogP contribution in [0.2, 0.25) is 5.02 Å². The highest BCUT2D eigenvalue weighted by atomic mass is 35.5. The van der Waals surface area contributed by atoms with Gasteiger partial charge in [0.1, 0.15) is 0 Å². The van der Waals surface area contributed by atoms with Crippen LogP contribution in [0.3, 0.4) is 0 Å². The molecule has 22 heavy (non-hydrogen) atoms. The van der Waals surface area contributed by atoms with Crippen LogP contribution in [0, 0.1) is 12.8 Å². The second-order valence-electron chi connectivity index (χ2n) is 5.99. The fourth-order valence-electron chi connectivity index (χ4n) is 3.05. The van der Waals surface area contributed by atoms with E-state index in [1.54, 1.807) is 17.5 Å². The van der Waals surface area contributed by atoms with Crippen LogP contribution in [0.4, 0.5) is 5.69 Å². The SMILES string of the molecule is Cc1ncsc1CN(C)CC1CCN(c2ccncc2Cl)C1. The average molecular weight is 337 g/mol. The van der Waals surface area contributed by atoms with Gasteiger partial charge in [-0.1, -0.05) is 11.6 Å². The Morgan fingerprint density at radius 1 is 1.50 bits per heavy atom. The van der Waals surface area contributed by atoms with Gasteiger partial charge >= 0.3 is 0 Å². The summed E-state index contributed by atoms with van der Waals surface area (Å²) in [5.41, 5.74) is 4.20. The van der Waals surface area contributed by atoms with Crippen molar-refractivity contribution >= 4 is 28.6 Å². The summed E-state index contributed by atoms with van der Waals surface area (Å²) in [7, 11) is 2.20. The first-order chi connectivity index (χ1) is 10.6. The van der Waals surface area contributed by atoms with Crippen molar-refractivity contribution in [3.63, 3.8) is 0 Å². The monoisotopic (exact) mass is 336 g/mol. The predicted molar refractivity (Wildman–Crippen MR) is 92.8 cm³/mol. The molecule has 0 saturated carbocycles. The van der Waals surface area contributed by atoms with E-state index < -0.39 is 0 Å². The number of rotatable bonds is 5. The van der Waals surface area contributed by atoms with Crippen LogP contribution in [0.5, 0.6) is 0 Å². The van der Waals surface area contributed by atoms with Crippen molar-refractivity contribution in [1.82, 2.24) is 14.9 Å². The molecule has 118 valence electrons. The molecule has 0 N–H and O–H groups in total. The smallest absolute Gasteiger partial charge is 0.0822 e. The highest BCUT2D eigenvalue weighted by Gasteiger charge is 2.25. The van der Waals surface area contributed by atoms with E-state index in [4.69, 9.17) is 11.6 Å². The minimum Gasteiger partial charge on any atom is -0.370 e. The maximum atomic E-state index is 6.25. The lowest BCUT2D eigenvalue weighted by atomic mass is 10.1. The normalized spacial score (nSPS) is 18.4. The number of aromatic nitrogens is 2. The lowest BCUT2D eigenvalue weighted by molar-refractivity contribution is 0.281. The maximum Gasteiger partial charge on any atom is 0.0822 e. The van der Waals surface area contributed by atoms with Crippen molar-refractivity contribution in [3.8, 4) is 0 Å². The van der Waals surface area contributed by atoms with Crippen LogP contribution in [0.15, 0.2) is 24.0 Å². The van der Waals surface area contributed by atoms with Gasteiger partial charge in [0.15, 0.2) is 0 Å². The summed E-state index contributed by atoms with van der Waals surface area (Å²) < 4.78 is 0. The molecule has 1 atom stereocenters. The summed E-state index contributed by atoms with van der Waals surface area (Å²) in [4.78, 5) is 14.5. The van der Waals surface area contributed by atoms with E-state index in [1.807, 2.05) is 17.8 Å². The fraction of sp³-hybridized carbons (Fsp3) is 0.500. The van der Waals surface area contributed by atoms with E-state index in [1.165, 1.54) is 11.3 Å². The molecule has 0 amide bonds. The standard InChI is InChI=1S/C16H21ClN4S/c1-12-16(22-11-19-12)10-20(2)8-13-4-6-21(9-13)15-3-5-18-7-14(15)17/h3,5,7,11,13H,4,6,8-10H2,1-2H3. The highest BCUT2D eigenvalue weighted by molar-refractivity contribution is 7.09. The lowest BCUT2D eigenvalue weighted by Gasteiger charge is -2.22. The zero-order valence-corrected chi connectivity index (χ0v) is 14.6. The molecule has 1 saturated heterocycles. The van der Waals surface area contributed by atoms with Gasteiger partial charge in [-0.05, 0) is 32.4 Å². The lowest BCUT2D eigenvalue weighted by Crippen LogP contribution is -2.28. The largest absolute Gasteiger partial charge is 0.370 e. The first-order valence-corrected chi connectivity index (χ1v) is 8.81. The summed E-state index contributed by atoms with van der Waals surface area (Å²) in [5.74, 6) is 0.683. The van der Waals surface area contributed by atoms with E-state index in [9.17, 15) is 0 Å². The molecule has 4 nitrogen and oxygen atoms in total. The third kappa shape index (κ3) is 3.59. The quantitative estimate of drug-likeness (QED) is 0.837. The number of nitrogens with zero attached hydrogens (tertiary/aromatic N) is 4. The predicted octanol–water partition coefficient (Wildman–Crippen LogP) is 3.46. The first-order valence-electron chi connectivity index (χ1n) is 7.55. The third-order valence-electron chi connectivity index (χ3n) is 4.21. The molecular weight excluding hydrogens is 316 g/mol. The molecular formula is C16H21ClN4S. The van der Waals surface area contributed by atoms with Gasteiger partial charge in [0.05, 0.1) is 21.9 Å². The van der Waals surface area contributed by atoms with Gasteiger partial charge in [-0.2, -0.15) is 0 Å². The Balaban J connectivity index is 1.55. The Kier molecular flexibility index (Phi) is 4.96. The van der Waals surface area contributed by atoms with Gasteiger partial charge in [0.2, 0.25) is 0 Å². The number of hydrogen-bond acceptors (Lipinski definition) is 5. The molecule has 1 unspecified atom stereocenters. The Morgan fingerprint density at radius 2 is 2.36 bits per heavy atom. The summed E-state index contributed by atoms with van der Waals surface area (Å²) in [5, 5.41) is 0.747. The molecule has 1 aliphatic heterocycles. The molecule has 0 spiro atoms. The Bertz CT molecular complexity index is 630. The van der Waals surface area contributed by atoms with Crippen LogP contribution >= 0.6 is 22.9 Å². The van der Waals surface area contributed by atoms with Crippen LogP contribution in [0.1, 0.15) is 17.0 Å². The van der Waals surface area contributed by atoms with E-state index in [0.29, 0.717) is 5.92 Å². The van der Waals surface area contributed by atoms with Crippen molar-refractivity contribution in [3.05, 3.63) is 39.6 Å². The number of pyridine rings is 1. The van der Waals surface area contributed by atoms with Gasteiger partial charge in [-0.25, -0.2) is 4.98 Å². The Labute approximate surface area is 140 Å². The Hall–Kier alpha value is -1.17. The molecule has 1 fully saturated rings. The summed E-state index contributed by atoms with van der Waals surface area (Å²) in [6.07, 6.45) is 4.75. The van der Waals surface area contributed by atoms with E-state index in [2.05, 4.69) is 33.7 Å². The van der Waals surface area contributed by atoms with Crippen LogP contribution in [0.25, 0.3) is 0 Å². The molecule has 0 aromatic carbocycles. The van der Waals surface area contributed by atoms with Gasteiger partial charge in [-0.15, -0.1) is 11.3 Å². The topological polar surface area (TPSA) is 32.3 Å². The molecule has 3 rings (SSSR count). The van der Waals surface area contributed by atoms with Crippen LogP contribution in [-0.2, 0) is 6.54 Å². The fourth-order valence-corrected chi connectivity index (χ4v) is 4.15. The molecule has 6 heteroatoms. The molecule has 3 heterocycles.